The summed E-state index contributed by atoms with van der Waals surface area (Å²) in [6.07, 6.45) is 0. The zero-order valence-electron chi connectivity index (χ0n) is 17.1. The average Bonchev–Trinajstić information content (AvgIpc) is 3.16. The molecule has 0 atom stereocenters. The normalized spacial score (nSPS) is 14.0. The van der Waals surface area contributed by atoms with E-state index in [4.69, 9.17) is 16.3 Å². The SMILES string of the molecule is Cc1nc(-c2ccc(Cl)cc2)sc1C(=O)N(C)Cc1ccccc1N1CCOCC1. The van der Waals surface area contributed by atoms with Crippen LogP contribution in [0.2, 0.25) is 5.02 Å². The Morgan fingerprint density at radius 1 is 1.17 bits per heavy atom. The van der Waals surface area contributed by atoms with Gasteiger partial charge in [0, 0.05) is 43.0 Å². The first-order valence-corrected chi connectivity index (χ1v) is 11.1. The Balaban J connectivity index is 1.53. The molecule has 1 aromatic heterocycles. The van der Waals surface area contributed by atoms with Crippen LogP contribution in [0.5, 0.6) is 0 Å². The van der Waals surface area contributed by atoms with Gasteiger partial charge in [-0.3, -0.25) is 4.79 Å². The first kappa shape index (κ1) is 20.8. The summed E-state index contributed by atoms with van der Waals surface area (Å²) in [7, 11) is 1.85. The summed E-state index contributed by atoms with van der Waals surface area (Å²) < 4.78 is 5.48. The van der Waals surface area contributed by atoms with Crippen LogP contribution in [0.15, 0.2) is 48.5 Å². The van der Waals surface area contributed by atoms with Crippen molar-refractivity contribution in [2.45, 2.75) is 13.5 Å². The number of rotatable bonds is 5. The molecule has 1 aliphatic rings. The number of amides is 1. The number of carbonyl (C=O) groups excluding carboxylic acids is 1. The van der Waals surface area contributed by atoms with Gasteiger partial charge in [0.25, 0.3) is 5.91 Å². The highest BCUT2D eigenvalue weighted by Crippen LogP contribution is 2.30. The molecule has 1 saturated heterocycles. The lowest BCUT2D eigenvalue weighted by Crippen LogP contribution is -2.37. The Bertz CT molecular complexity index is 1030. The molecular formula is C23H24ClN3O2S. The number of anilines is 1. The minimum atomic E-state index is -0.0120. The molecule has 0 aliphatic carbocycles. The van der Waals surface area contributed by atoms with Gasteiger partial charge in [0.1, 0.15) is 9.88 Å². The highest BCUT2D eigenvalue weighted by molar-refractivity contribution is 7.17. The van der Waals surface area contributed by atoms with E-state index < -0.39 is 0 Å². The Morgan fingerprint density at radius 3 is 2.60 bits per heavy atom. The lowest BCUT2D eigenvalue weighted by Gasteiger charge is -2.31. The predicted molar refractivity (Wildman–Crippen MR) is 123 cm³/mol. The van der Waals surface area contributed by atoms with Crippen molar-refractivity contribution in [1.82, 2.24) is 9.88 Å². The van der Waals surface area contributed by atoms with Gasteiger partial charge >= 0.3 is 0 Å². The van der Waals surface area contributed by atoms with Crippen LogP contribution >= 0.6 is 22.9 Å². The quantitative estimate of drug-likeness (QED) is 0.566. The molecule has 1 aliphatic heterocycles. The number of para-hydroxylation sites is 1. The minimum absolute atomic E-state index is 0.0120. The maximum Gasteiger partial charge on any atom is 0.265 e. The number of aryl methyl sites for hydroxylation is 1. The summed E-state index contributed by atoms with van der Waals surface area (Å²) in [5, 5.41) is 1.51. The van der Waals surface area contributed by atoms with Gasteiger partial charge < -0.3 is 14.5 Å². The fraction of sp³-hybridized carbons (Fsp3) is 0.304. The Morgan fingerprint density at radius 2 is 1.87 bits per heavy atom. The number of carbonyl (C=O) groups is 1. The van der Waals surface area contributed by atoms with Crippen molar-refractivity contribution in [2.24, 2.45) is 0 Å². The molecule has 156 valence electrons. The molecule has 0 N–H and O–H groups in total. The van der Waals surface area contributed by atoms with Gasteiger partial charge in [-0.2, -0.15) is 0 Å². The van der Waals surface area contributed by atoms with E-state index in [0.717, 1.165) is 48.1 Å². The predicted octanol–water partition coefficient (Wildman–Crippen LogP) is 4.88. The van der Waals surface area contributed by atoms with Crippen molar-refractivity contribution in [2.75, 3.05) is 38.3 Å². The van der Waals surface area contributed by atoms with Crippen molar-refractivity contribution in [3.8, 4) is 10.6 Å². The van der Waals surface area contributed by atoms with E-state index in [1.807, 2.05) is 50.4 Å². The summed E-state index contributed by atoms with van der Waals surface area (Å²) in [4.78, 5) is 22.6. The summed E-state index contributed by atoms with van der Waals surface area (Å²) in [6.45, 7) is 5.63. The minimum Gasteiger partial charge on any atom is -0.378 e. The fourth-order valence-electron chi connectivity index (χ4n) is 3.57. The zero-order chi connectivity index (χ0) is 21.1. The maximum atomic E-state index is 13.2. The number of benzene rings is 2. The number of halogens is 1. The second-order valence-electron chi connectivity index (χ2n) is 7.33. The van der Waals surface area contributed by atoms with E-state index in [9.17, 15) is 4.79 Å². The number of nitrogens with zero attached hydrogens (tertiary/aromatic N) is 3. The molecule has 0 saturated carbocycles. The monoisotopic (exact) mass is 441 g/mol. The van der Waals surface area contributed by atoms with Crippen LogP contribution in [0.3, 0.4) is 0 Å². The van der Waals surface area contributed by atoms with Crippen LogP contribution in [-0.4, -0.2) is 49.1 Å². The van der Waals surface area contributed by atoms with E-state index in [-0.39, 0.29) is 5.91 Å². The second kappa shape index (κ2) is 9.16. The van der Waals surface area contributed by atoms with Crippen molar-refractivity contribution in [1.29, 1.82) is 0 Å². The molecule has 5 nitrogen and oxygen atoms in total. The molecule has 7 heteroatoms. The Labute approximate surface area is 185 Å². The van der Waals surface area contributed by atoms with Crippen molar-refractivity contribution in [3.05, 3.63) is 69.7 Å². The molecule has 0 spiro atoms. The van der Waals surface area contributed by atoms with Crippen LogP contribution in [-0.2, 0) is 11.3 Å². The molecule has 0 unspecified atom stereocenters. The molecule has 2 heterocycles. The molecular weight excluding hydrogens is 418 g/mol. The third kappa shape index (κ3) is 4.51. The number of morpholine rings is 1. The molecule has 30 heavy (non-hydrogen) atoms. The Kier molecular flexibility index (Phi) is 6.37. The number of hydrogen-bond donors (Lipinski definition) is 0. The smallest absolute Gasteiger partial charge is 0.265 e. The topological polar surface area (TPSA) is 45.7 Å². The third-order valence-corrected chi connectivity index (χ3v) is 6.63. The van der Waals surface area contributed by atoms with Crippen LogP contribution in [0.4, 0.5) is 5.69 Å². The van der Waals surface area contributed by atoms with Gasteiger partial charge in [-0.1, -0.05) is 41.9 Å². The van der Waals surface area contributed by atoms with Crippen LogP contribution < -0.4 is 4.90 Å². The van der Waals surface area contributed by atoms with Gasteiger partial charge in [0.15, 0.2) is 0 Å². The van der Waals surface area contributed by atoms with E-state index in [2.05, 4.69) is 22.0 Å². The van der Waals surface area contributed by atoms with Crippen LogP contribution in [0, 0.1) is 6.92 Å². The molecule has 0 bridgehead atoms. The molecule has 2 aromatic carbocycles. The third-order valence-electron chi connectivity index (χ3n) is 5.18. The fourth-order valence-corrected chi connectivity index (χ4v) is 4.76. The number of aromatic nitrogens is 1. The van der Waals surface area contributed by atoms with Gasteiger partial charge in [-0.25, -0.2) is 4.98 Å². The molecule has 3 aromatic rings. The number of hydrogen-bond acceptors (Lipinski definition) is 5. The van der Waals surface area contributed by atoms with Gasteiger partial charge in [0.05, 0.1) is 18.9 Å². The standard InChI is InChI=1S/C23H24ClN3O2S/c1-16-21(30-22(25-16)17-7-9-19(24)10-8-17)23(28)26(2)15-18-5-3-4-6-20(18)27-11-13-29-14-12-27/h3-10H,11-15H2,1-2H3. The lowest BCUT2D eigenvalue weighted by molar-refractivity contribution is 0.0788. The van der Waals surface area contributed by atoms with Crippen molar-refractivity contribution < 1.29 is 9.53 Å². The van der Waals surface area contributed by atoms with Gasteiger partial charge in [-0.15, -0.1) is 11.3 Å². The van der Waals surface area contributed by atoms with Crippen molar-refractivity contribution in [3.63, 3.8) is 0 Å². The number of ether oxygens (including phenoxy) is 1. The lowest BCUT2D eigenvalue weighted by atomic mass is 10.1. The van der Waals surface area contributed by atoms with E-state index >= 15 is 0 Å². The van der Waals surface area contributed by atoms with E-state index in [1.54, 1.807) is 4.90 Å². The highest BCUT2D eigenvalue weighted by atomic mass is 35.5. The van der Waals surface area contributed by atoms with E-state index in [0.29, 0.717) is 16.4 Å². The summed E-state index contributed by atoms with van der Waals surface area (Å²) >= 11 is 7.41. The average molecular weight is 442 g/mol. The molecule has 0 radical (unpaired) electrons. The largest absolute Gasteiger partial charge is 0.378 e. The summed E-state index contributed by atoms with van der Waals surface area (Å²) in [6, 6.07) is 15.8. The van der Waals surface area contributed by atoms with Crippen molar-refractivity contribution >= 4 is 34.5 Å². The highest BCUT2D eigenvalue weighted by Gasteiger charge is 2.22. The first-order chi connectivity index (χ1) is 14.5. The molecule has 1 fully saturated rings. The summed E-state index contributed by atoms with van der Waals surface area (Å²) in [5.74, 6) is -0.0120. The van der Waals surface area contributed by atoms with Gasteiger partial charge in [-0.05, 0) is 30.7 Å². The Hall–Kier alpha value is -2.41. The van der Waals surface area contributed by atoms with Crippen LogP contribution in [0.1, 0.15) is 20.9 Å². The summed E-state index contributed by atoms with van der Waals surface area (Å²) in [5.41, 5.74) is 4.02. The molecule has 4 rings (SSSR count). The van der Waals surface area contributed by atoms with Gasteiger partial charge in [0.2, 0.25) is 0 Å². The number of thiazole rings is 1. The molecule has 1 amide bonds. The first-order valence-electron chi connectivity index (χ1n) is 9.92. The van der Waals surface area contributed by atoms with E-state index in [1.165, 1.54) is 17.0 Å². The maximum absolute atomic E-state index is 13.2. The second-order valence-corrected chi connectivity index (χ2v) is 8.77. The zero-order valence-corrected chi connectivity index (χ0v) is 18.7. The van der Waals surface area contributed by atoms with Crippen LogP contribution in [0.25, 0.3) is 10.6 Å².